The first kappa shape index (κ1) is 15.6. The molecular weight excluding hydrogens is 336 g/mol. The van der Waals surface area contributed by atoms with Crippen LogP contribution in [0.3, 0.4) is 0 Å². The zero-order valence-corrected chi connectivity index (χ0v) is 13.4. The molecule has 0 fully saturated rings. The molecule has 3 rings (SSSR count). The van der Waals surface area contributed by atoms with Crippen LogP contribution in [0.15, 0.2) is 53.4 Å². The van der Waals surface area contributed by atoms with E-state index in [2.05, 4.69) is 5.43 Å². The molecule has 0 saturated heterocycles. The zero-order valence-electron chi connectivity index (χ0n) is 11.8. The normalized spacial score (nSPS) is 13.2. The first-order chi connectivity index (χ1) is 11.1. The van der Waals surface area contributed by atoms with E-state index in [1.807, 2.05) is 6.07 Å². The summed E-state index contributed by atoms with van der Waals surface area (Å²) < 4.78 is 0. The standard InChI is InChI=1S/C16H11ClN2O3S/c17-12-7-3-4-8-13(12)23-9-14(20)18-19-15(21)10-5-1-2-6-11(10)16(19)22/h1-8H,9H2,(H,18,20). The number of carbonyl (C=O) groups is 3. The Balaban J connectivity index is 1.64. The number of thioether (sulfide) groups is 1. The molecule has 1 heterocycles. The highest BCUT2D eigenvalue weighted by Crippen LogP contribution is 2.26. The van der Waals surface area contributed by atoms with Crippen molar-refractivity contribution in [1.82, 2.24) is 10.4 Å². The van der Waals surface area contributed by atoms with Gasteiger partial charge in [-0.2, -0.15) is 5.01 Å². The third-order valence-corrected chi connectivity index (χ3v) is 4.74. The lowest BCUT2D eigenvalue weighted by molar-refractivity contribution is -0.121. The van der Waals surface area contributed by atoms with Gasteiger partial charge < -0.3 is 0 Å². The molecule has 1 aliphatic rings. The molecule has 0 bridgehead atoms. The lowest BCUT2D eigenvalue weighted by Gasteiger charge is -2.14. The summed E-state index contributed by atoms with van der Waals surface area (Å²) in [5.41, 5.74) is 2.92. The molecule has 1 aliphatic heterocycles. The first-order valence-electron chi connectivity index (χ1n) is 6.72. The van der Waals surface area contributed by atoms with Gasteiger partial charge in [0.25, 0.3) is 11.8 Å². The molecule has 0 spiro atoms. The number of nitrogens with one attached hydrogen (secondary N) is 1. The highest BCUT2D eigenvalue weighted by Gasteiger charge is 2.36. The Labute approximate surface area is 141 Å². The Morgan fingerprint density at radius 2 is 1.57 bits per heavy atom. The Morgan fingerprint density at radius 1 is 1.00 bits per heavy atom. The van der Waals surface area contributed by atoms with Crippen molar-refractivity contribution in [2.24, 2.45) is 0 Å². The van der Waals surface area contributed by atoms with Gasteiger partial charge in [-0.05, 0) is 24.3 Å². The molecular formula is C16H11ClN2O3S. The number of benzene rings is 2. The average Bonchev–Trinajstić information content (AvgIpc) is 2.80. The van der Waals surface area contributed by atoms with Gasteiger partial charge >= 0.3 is 0 Å². The molecule has 0 atom stereocenters. The van der Waals surface area contributed by atoms with E-state index < -0.39 is 17.7 Å². The minimum atomic E-state index is -0.526. The number of imide groups is 1. The van der Waals surface area contributed by atoms with E-state index in [0.29, 0.717) is 5.02 Å². The maximum atomic E-state index is 12.1. The topological polar surface area (TPSA) is 66.5 Å². The maximum Gasteiger partial charge on any atom is 0.280 e. The van der Waals surface area contributed by atoms with Crippen LogP contribution in [0.1, 0.15) is 20.7 Å². The summed E-state index contributed by atoms with van der Waals surface area (Å²) in [6.45, 7) is 0. The molecule has 2 aromatic rings. The van der Waals surface area contributed by atoms with Gasteiger partial charge in [0.15, 0.2) is 0 Å². The van der Waals surface area contributed by atoms with E-state index in [4.69, 9.17) is 11.6 Å². The van der Waals surface area contributed by atoms with Gasteiger partial charge in [0, 0.05) is 4.90 Å². The number of fused-ring (bicyclic) bond motifs is 1. The summed E-state index contributed by atoms with van der Waals surface area (Å²) in [5.74, 6) is -1.47. The van der Waals surface area contributed by atoms with E-state index in [1.54, 1.807) is 42.5 Å². The van der Waals surface area contributed by atoms with Gasteiger partial charge in [0.1, 0.15) is 0 Å². The minimum Gasteiger partial charge on any atom is -0.272 e. The van der Waals surface area contributed by atoms with E-state index in [0.717, 1.165) is 9.90 Å². The SMILES string of the molecule is O=C(CSc1ccccc1Cl)NN1C(=O)c2ccccc2C1=O. The lowest BCUT2D eigenvalue weighted by atomic mass is 10.1. The second-order valence-corrected chi connectivity index (χ2v) is 6.17. The van der Waals surface area contributed by atoms with E-state index in [9.17, 15) is 14.4 Å². The molecule has 5 nitrogen and oxygen atoms in total. The summed E-state index contributed by atoms with van der Waals surface area (Å²) >= 11 is 7.25. The molecule has 0 saturated carbocycles. The molecule has 0 aliphatic carbocycles. The second-order valence-electron chi connectivity index (χ2n) is 4.75. The molecule has 2 aromatic carbocycles. The van der Waals surface area contributed by atoms with Gasteiger partial charge in [-0.3, -0.25) is 19.8 Å². The van der Waals surface area contributed by atoms with Crippen LogP contribution in [0, 0.1) is 0 Å². The van der Waals surface area contributed by atoms with Gasteiger partial charge in [-0.25, -0.2) is 0 Å². The minimum absolute atomic E-state index is 0.0388. The monoisotopic (exact) mass is 346 g/mol. The van der Waals surface area contributed by atoms with Crippen molar-refractivity contribution in [3.05, 3.63) is 64.7 Å². The van der Waals surface area contributed by atoms with Crippen LogP contribution >= 0.6 is 23.4 Å². The smallest absolute Gasteiger partial charge is 0.272 e. The second kappa shape index (κ2) is 6.44. The summed E-state index contributed by atoms with van der Waals surface area (Å²) in [5, 5.41) is 1.30. The number of amides is 3. The summed E-state index contributed by atoms with van der Waals surface area (Å²) in [4.78, 5) is 37.0. The Kier molecular flexibility index (Phi) is 4.36. The van der Waals surface area contributed by atoms with Crippen LogP contribution in [0.4, 0.5) is 0 Å². The molecule has 0 aromatic heterocycles. The number of hydrogen-bond donors (Lipinski definition) is 1. The highest BCUT2D eigenvalue weighted by molar-refractivity contribution is 8.00. The fourth-order valence-corrected chi connectivity index (χ4v) is 3.18. The molecule has 0 unspecified atom stereocenters. The van der Waals surface area contributed by atoms with Crippen LogP contribution in [-0.2, 0) is 4.79 Å². The number of halogens is 1. The van der Waals surface area contributed by atoms with E-state index >= 15 is 0 Å². The largest absolute Gasteiger partial charge is 0.280 e. The maximum absolute atomic E-state index is 12.1. The van der Waals surface area contributed by atoms with Crippen LogP contribution in [0.25, 0.3) is 0 Å². The lowest BCUT2D eigenvalue weighted by Crippen LogP contribution is -2.46. The van der Waals surface area contributed by atoms with E-state index in [1.165, 1.54) is 11.8 Å². The third kappa shape index (κ3) is 3.09. The molecule has 1 N–H and O–H groups in total. The van der Waals surface area contributed by atoms with Crippen molar-refractivity contribution in [2.75, 3.05) is 5.75 Å². The summed E-state index contributed by atoms with van der Waals surface area (Å²) in [6.07, 6.45) is 0. The first-order valence-corrected chi connectivity index (χ1v) is 8.09. The number of hydrazine groups is 1. The van der Waals surface area contributed by atoms with Crippen molar-refractivity contribution >= 4 is 41.1 Å². The van der Waals surface area contributed by atoms with Gasteiger partial charge in [0.05, 0.1) is 21.9 Å². The van der Waals surface area contributed by atoms with Crippen molar-refractivity contribution in [2.45, 2.75) is 4.90 Å². The fourth-order valence-electron chi connectivity index (χ4n) is 2.15. The van der Waals surface area contributed by atoms with Crippen molar-refractivity contribution in [3.8, 4) is 0 Å². The van der Waals surface area contributed by atoms with Gasteiger partial charge in [0.2, 0.25) is 5.91 Å². The van der Waals surface area contributed by atoms with Crippen molar-refractivity contribution in [1.29, 1.82) is 0 Å². The predicted octanol–water partition coefficient (Wildman–Crippen LogP) is 2.76. The predicted molar refractivity (Wildman–Crippen MR) is 87.3 cm³/mol. The Bertz CT molecular complexity index is 774. The Hall–Kier alpha value is -2.31. The molecule has 0 radical (unpaired) electrons. The number of nitrogens with zero attached hydrogens (tertiary/aromatic N) is 1. The number of carbonyl (C=O) groups excluding carboxylic acids is 3. The molecule has 3 amide bonds. The number of hydrogen-bond acceptors (Lipinski definition) is 4. The Morgan fingerprint density at radius 3 is 2.17 bits per heavy atom. The average molecular weight is 347 g/mol. The molecule has 116 valence electrons. The van der Waals surface area contributed by atoms with Gasteiger partial charge in [-0.1, -0.05) is 35.9 Å². The molecule has 7 heteroatoms. The highest BCUT2D eigenvalue weighted by atomic mass is 35.5. The quantitative estimate of drug-likeness (QED) is 0.683. The van der Waals surface area contributed by atoms with Crippen LogP contribution in [0.5, 0.6) is 0 Å². The number of rotatable bonds is 4. The fraction of sp³-hybridized carbons (Fsp3) is 0.0625. The van der Waals surface area contributed by atoms with Gasteiger partial charge in [-0.15, -0.1) is 11.8 Å². The van der Waals surface area contributed by atoms with Crippen molar-refractivity contribution in [3.63, 3.8) is 0 Å². The van der Waals surface area contributed by atoms with E-state index in [-0.39, 0.29) is 16.9 Å². The van der Waals surface area contributed by atoms with Crippen LogP contribution in [0.2, 0.25) is 5.02 Å². The summed E-state index contributed by atoms with van der Waals surface area (Å²) in [7, 11) is 0. The van der Waals surface area contributed by atoms with Crippen LogP contribution in [-0.4, -0.2) is 28.5 Å². The zero-order chi connectivity index (χ0) is 16.4. The summed E-state index contributed by atoms with van der Waals surface area (Å²) in [6, 6.07) is 13.6. The third-order valence-electron chi connectivity index (χ3n) is 3.23. The molecule has 23 heavy (non-hydrogen) atoms. The van der Waals surface area contributed by atoms with Crippen LogP contribution < -0.4 is 5.43 Å². The van der Waals surface area contributed by atoms with Crippen molar-refractivity contribution < 1.29 is 14.4 Å².